The first kappa shape index (κ1) is 100. The summed E-state index contributed by atoms with van der Waals surface area (Å²) in [6.07, 6.45) is 9.62. The number of piperidine rings is 1. The predicted molar refractivity (Wildman–Crippen MR) is 518 cm³/mol. The number of pyridine rings is 1. The number of aromatic nitrogens is 18. The molecule has 138 heavy (non-hydrogen) atoms. The third kappa shape index (κ3) is 27.7. The molecule has 0 unspecified atom stereocenters. The Morgan fingerprint density at radius 2 is 0.899 bits per heavy atom. The lowest BCUT2D eigenvalue weighted by molar-refractivity contribution is 0.0521. The number of nitrogens with two attached hydrogens (primary N) is 1. The van der Waals surface area contributed by atoms with Gasteiger partial charge in [-0.3, -0.25) is 26.3 Å². The number of aromatic amines is 1. The SMILES string of the molecule is CCOC(=O)c1sc(Nc2nc(-c3ccc(-c4nn[nH]n4)cc3)cc(N3CCC(O)CC3)n2)nc1C.CCOC(=O)c1sc(Nc2nc(NCc3ccc(S(C)(=O)=O)cc3)cc(-c3cccnc3)n2)nc1C.CCOC(=O)c1sc(Nc2nc(NCc3ccc(S(C)(=O)=O)cc3)cc(-c3cnco3)n2)nc1C.COC(=O)c1sc(Nc2nc(NCc3ccc(S(N)(=O)=O)cc3)cc(OC)n2)nc1C. The first-order valence-corrected chi connectivity index (χ1v) is 50.4. The van der Waals surface area contributed by atoms with Gasteiger partial charge in [0, 0.05) is 98.6 Å². The number of oxazole rings is 1. The number of esters is 4. The van der Waals surface area contributed by atoms with Crippen molar-refractivity contribution in [3.05, 3.63) is 217 Å². The van der Waals surface area contributed by atoms with E-state index in [2.05, 4.69) is 123 Å². The molecule has 0 aliphatic carbocycles. The van der Waals surface area contributed by atoms with Crippen LogP contribution in [0.15, 0.2) is 178 Å². The summed E-state index contributed by atoms with van der Waals surface area (Å²) < 4.78 is 100. The zero-order chi connectivity index (χ0) is 98.4. The number of thiazole rings is 4. The van der Waals surface area contributed by atoms with Crippen molar-refractivity contribution < 1.29 is 77.6 Å². The number of H-pyrrole nitrogens is 1. The second-order valence-electron chi connectivity index (χ2n) is 29.6. The van der Waals surface area contributed by atoms with Gasteiger partial charge in [0.15, 0.2) is 52.4 Å². The fourth-order valence-corrected chi connectivity index (χ4v) is 17.9. The normalized spacial score (nSPS) is 12.0. The van der Waals surface area contributed by atoms with Gasteiger partial charge < -0.3 is 54.1 Å². The molecule has 1 fully saturated rings. The zero-order valence-electron chi connectivity index (χ0n) is 75.6. The van der Waals surface area contributed by atoms with Crippen LogP contribution >= 0.6 is 45.3 Å². The first-order valence-electron chi connectivity index (χ1n) is 41.8. The number of aryl methyl sites for hydroxylation is 4. The molecular formula is C87H91N27O17S7. The molecule has 0 saturated carbocycles. The number of methoxy groups -OCH3 is 2. The number of nitrogens with zero attached hydrogens (tertiary/aromatic N) is 18. The van der Waals surface area contributed by atoms with Gasteiger partial charge in [-0.1, -0.05) is 106 Å². The van der Waals surface area contributed by atoms with Gasteiger partial charge in [0.05, 0.1) is 95.2 Å². The van der Waals surface area contributed by atoms with Crippen molar-refractivity contribution in [3.8, 4) is 51.2 Å². The fraction of sp³-hybridized carbons (Fsp3) is 0.253. The van der Waals surface area contributed by atoms with Crippen molar-refractivity contribution >= 4 is 167 Å². The highest BCUT2D eigenvalue weighted by Crippen LogP contribution is 2.35. The Hall–Kier alpha value is -15.0. The number of benzene rings is 4. The van der Waals surface area contributed by atoms with E-state index in [-0.39, 0.29) is 51.8 Å². The zero-order valence-corrected chi connectivity index (χ0v) is 81.3. The number of rotatable bonds is 33. The van der Waals surface area contributed by atoms with Crippen molar-refractivity contribution in [2.24, 2.45) is 5.14 Å². The van der Waals surface area contributed by atoms with Crippen LogP contribution in [-0.2, 0) is 68.3 Å². The Morgan fingerprint density at radius 3 is 1.30 bits per heavy atom. The summed E-state index contributed by atoms with van der Waals surface area (Å²) >= 11 is 4.63. The number of sulfone groups is 2. The third-order valence-corrected chi connectivity index (χ3v) is 26.9. The summed E-state index contributed by atoms with van der Waals surface area (Å²) in [5, 5.41) is 52.8. The topological polar surface area (TPSA) is 599 Å². The summed E-state index contributed by atoms with van der Waals surface area (Å²) in [4.78, 5) is 114. The van der Waals surface area contributed by atoms with Gasteiger partial charge in [0.2, 0.25) is 45.5 Å². The molecule has 44 nitrogen and oxygen atoms in total. The van der Waals surface area contributed by atoms with Crippen LogP contribution in [0.1, 0.15) is 112 Å². The summed E-state index contributed by atoms with van der Waals surface area (Å²) in [5.74, 6) is 2.88. The molecule has 718 valence electrons. The Kier molecular flexibility index (Phi) is 33.5. The summed E-state index contributed by atoms with van der Waals surface area (Å²) in [6.45, 7) is 15.6. The number of carbonyl (C=O) groups is 4. The van der Waals surface area contributed by atoms with Crippen molar-refractivity contribution in [2.45, 2.75) is 102 Å². The molecule has 11 N–H and O–H groups in total. The lowest BCUT2D eigenvalue weighted by Gasteiger charge is -2.30. The summed E-state index contributed by atoms with van der Waals surface area (Å²) in [7, 11) is -7.48. The molecule has 1 aliphatic rings. The average Bonchev–Trinajstić information content (AvgIpc) is 1.78. The molecule has 15 aromatic rings. The molecule has 16 rings (SSSR count). The van der Waals surface area contributed by atoms with Gasteiger partial charge in [-0.05, 0) is 132 Å². The molecular weight excluding hydrogens is 1920 g/mol. The van der Waals surface area contributed by atoms with Crippen LogP contribution in [0.25, 0.3) is 45.4 Å². The fourth-order valence-electron chi connectivity index (χ4n) is 12.7. The molecule has 4 aromatic carbocycles. The van der Waals surface area contributed by atoms with Gasteiger partial charge in [0.1, 0.15) is 48.5 Å². The lowest BCUT2D eigenvalue weighted by Crippen LogP contribution is -2.36. The second-order valence-corrected chi connectivity index (χ2v) is 39.2. The van der Waals surface area contributed by atoms with E-state index < -0.39 is 53.6 Å². The average molecular weight is 2010 g/mol. The van der Waals surface area contributed by atoms with Crippen LogP contribution in [0.3, 0.4) is 0 Å². The van der Waals surface area contributed by atoms with Crippen LogP contribution in [0.5, 0.6) is 5.88 Å². The summed E-state index contributed by atoms with van der Waals surface area (Å²) in [6, 6.07) is 37.8. The highest BCUT2D eigenvalue weighted by atomic mass is 32.2. The smallest absolute Gasteiger partial charge is 0.350 e. The number of carbonyl (C=O) groups excluding carboxylic acids is 4. The van der Waals surface area contributed by atoms with Gasteiger partial charge in [0.25, 0.3) is 0 Å². The lowest BCUT2D eigenvalue weighted by atomic mass is 10.1. The van der Waals surface area contributed by atoms with E-state index in [9.17, 15) is 49.5 Å². The molecule has 12 heterocycles. The Morgan fingerprint density at radius 1 is 0.486 bits per heavy atom. The number of sulfonamides is 1. The van der Waals surface area contributed by atoms with Crippen LogP contribution < -0.4 is 52.0 Å². The maximum atomic E-state index is 12.2. The minimum Gasteiger partial charge on any atom is -0.481 e. The number of nitrogens with one attached hydrogen (secondary N) is 8. The predicted octanol–water partition coefficient (Wildman–Crippen LogP) is 13.1. The molecule has 1 aliphatic heterocycles. The molecule has 0 bridgehead atoms. The van der Waals surface area contributed by atoms with E-state index in [1.807, 2.05) is 42.5 Å². The maximum Gasteiger partial charge on any atom is 0.350 e. The van der Waals surface area contributed by atoms with E-state index in [1.165, 1.54) is 62.8 Å². The van der Waals surface area contributed by atoms with Crippen LogP contribution in [0.4, 0.5) is 67.6 Å². The van der Waals surface area contributed by atoms with Crippen LogP contribution in [0.2, 0.25) is 0 Å². The monoisotopic (exact) mass is 2010 g/mol. The van der Waals surface area contributed by atoms with E-state index in [4.69, 9.17) is 43.2 Å². The van der Waals surface area contributed by atoms with E-state index in [0.717, 1.165) is 73.2 Å². The van der Waals surface area contributed by atoms with Crippen molar-refractivity contribution in [1.29, 1.82) is 0 Å². The van der Waals surface area contributed by atoms with Crippen molar-refractivity contribution in [2.75, 3.05) is 102 Å². The number of aliphatic hydroxyl groups excluding tert-OH is 1. The van der Waals surface area contributed by atoms with Crippen molar-refractivity contribution in [1.82, 2.24) is 90.4 Å². The second kappa shape index (κ2) is 46.0. The molecule has 1 saturated heterocycles. The molecule has 0 atom stereocenters. The van der Waals surface area contributed by atoms with Gasteiger partial charge in [-0.15, -0.1) is 10.2 Å². The molecule has 0 spiro atoms. The molecule has 0 amide bonds. The Balaban J connectivity index is 0.000000156. The van der Waals surface area contributed by atoms with Crippen molar-refractivity contribution in [3.63, 3.8) is 0 Å². The minimum absolute atomic E-state index is 0.0384. The highest BCUT2D eigenvalue weighted by molar-refractivity contribution is 7.91. The number of aliphatic hydroxyl groups is 1. The number of ether oxygens (including phenoxy) is 5. The highest BCUT2D eigenvalue weighted by Gasteiger charge is 2.26. The number of primary sulfonamides is 1. The molecule has 51 heteroatoms. The van der Waals surface area contributed by atoms with E-state index >= 15 is 0 Å². The van der Waals surface area contributed by atoms with Crippen LogP contribution in [-0.4, -0.2) is 210 Å². The maximum absolute atomic E-state index is 12.2. The molecule has 0 radical (unpaired) electrons. The number of hydrogen-bond donors (Lipinski definition) is 10. The quantitative estimate of drug-likeness (QED) is 0.0135. The first-order chi connectivity index (χ1) is 66.1. The Bertz CT molecular complexity index is 7120. The Labute approximate surface area is 806 Å². The number of tetrazole rings is 1. The number of hydrogen-bond acceptors (Lipinski definition) is 46. The standard InChI is InChI=1S/C24H24N6O4S2.C23H25N9O3S.C22H22N6O5S2.C18H20N6O5S2/c1-4-34-22(31)21-15(2)27-24(35-21)30-23-28-19(17-6-5-11-25-14-17)12-20(29-23)26-13-16-7-9-18(10-8-16)36(3,32)33;1-3-35-21(34)19-13(2)24-23(36-19)27-22-25-17(12-18(26-22)32-10-8-16(33)9-11-32)14-4-6-15(7-5-14)20-28-30-31-29-20;1-4-32-20(29)19-13(2)25-22(34-19)28-21-26-16(17-11-23-12-33-17)9-18(27-21)24-10-14-5-7-15(8-6-14)35(3,30)31;1-10-15(16(25)29-3)30-18(21-10)24-17-22-13(8-14(23-17)28-2)20-9-11-4-6-12(7-5-11)31(19,26)27/h5-12,14H,4,13H2,1-3H3,(H2,26,27,28,29,30);4-7,12,16,33H,3,8-11H2,1-2H3,(H,24,25,26,27)(H,28,29,30,31);5-9,11-12H,4,10H2,1-3H3,(H2,24,25,26,27,28);4-8H,9H2,1-3H3,(H2,19,26,27)(H2,20,21,22,23,24). The number of anilines is 12. The van der Waals surface area contributed by atoms with Crippen LogP contribution in [0, 0.1) is 27.7 Å². The van der Waals surface area contributed by atoms with Gasteiger partial charge in [-0.2, -0.15) is 30.1 Å². The van der Waals surface area contributed by atoms with E-state index in [0.29, 0.717) is 173 Å². The summed E-state index contributed by atoms with van der Waals surface area (Å²) in [5.41, 5.74) is 9.11. The third-order valence-electron chi connectivity index (χ3n) is 19.5. The largest absolute Gasteiger partial charge is 0.481 e. The van der Waals surface area contributed by atoms with E-state index in [1.54, 1.807) is 140 Å². The minimum atomic E-state index is -3.74. The van der Waals surface area contributed by atoms with Gasteiger partial charge in [-0.25, -0.2) is 89.4 Å². The van der Waals surface area contributed by atoms with Gasteiger partial charge >= 0.3 is 23.9 Å². The molecule has 11 aromatic heterocycles.